The molecule has 2 amide bonds. The molecular weight excluding hydrogens is 254 g/mol. The monoisotopic (exact) mass is 269 g/mol. The number of carbonyl (C=O) groups is 1. The Morgan fingerprint density at radius 1 is 1.74 bits per heavy atom. The summed E-state index contributed by atoms with van der Waals surface area (Å²) in [7, 11) is 0. The van der Waals surface area contributed by atoms with Gasteiger partial charge in [0.1, 0.15) is 6.23 Å². The van der Waals surface area contributed by atoms with Crippen LogP contribution >= 0.6 is 0 Å². The summed E-state index contributed by atoms with van der Waals surface area (Å²) in [5, 5.41) is 24.5. The van der Waals surface area contributed by atoms with E-state index in [-0.39, 0.29) is 6.61 Å². The summed E-state index contributed by atoms with van der Waals surface area (Å²) >= 11 is 0. The highest BCUT2D eigenvalue weighted by molar-refractivity contribution is 5.77. The van der Waals surface area contributed by atoms with Crippen LogP contribution in [0, 0.1) is 0 Å². The minimum atomic E-state index is -1.01. The van der Waals surface area contributed by atoms with Crippen LogP contribution in [-0.4, -0.2) is 52.4 Å². The van der Waals surface area contributed by atoms with Crippen LogP contribution in [0.5, 0.6) is 0 Å². The maximum Gasteiger partial charge on any atom is 0.325 e. The second-order valence-electron chi connectivity index (χ2n) is 4.45. The van der Waals surface area contributed by atoms with Gasteiger partial charge in [0.2, 0.25) is 0 Å². The van der Waals surface area contributed by atoms with Gasteiger partial charge in [-0.1, -0.05) is 5.11 Å². The molecule has 0 saturated carbocycles. The van der Waals surface area contributed by atoms with Crippen LogP contribution < -0.4 is 5.32 Å². The van der Waals surface area contributed by atoms with Crippen molar-refractivity contribution >= 4 is 6.03 Å². The molecule has 0 aliphatic carbocycles. The van der Waals surface area contributed by atoms with E-state index in [2.05, 4.69) is 15.3 Å². The highest BCUT2D eigenvalue weighted by atomic mass is 16.5. The van der Waals surface area contributed by atoms with Gasteiger partial charge in [-0.2, -0.15) is 0 Å². The van der Waals surface area contributed by atoms with Gasteiger partial charge in [-0.15, -0.1) is 0 Å². The van der Waals surface area contributed by atoms with Crippen LogP contribution in [0.1, 0.15) is 13.3 Å². The Kier molecular flexibility index (Phi) is 3.91. The zero-order chi connectivity index (χ0) is 14.0. The first-order valence-corrected chi connectivity index (χ1v) is 5.82. The lowest BCUT2D eigenvalue weighted by Crippen LogP contribution is -2.51. The second kappa shape index (κ2) is 5.45. The normalized spacial score (nSPS) is 34.6. The summed E-state index contributed by atoms with van der Waals surface area (Å²) in [6, 6.07) is -1.02. The lowest BCUT2D eigenvalue weighted by atomic mass is 10.1. The van der Waals surface area contributed by atoms with Crippen LogP contribution in [0.3, 0.4) is 0 Å². The highest BCUT2D eigenvalue weighted by Crippen LogP contribution is 2.27. The molecular formula is C10H15N5O4. The van der Waals surface area contributed by atoms with Crippen LogP contribution in [0.25, 0.3) is 10.4 Å². The predicted octanol–water partition coefficient (Wildman–Crippen LogP) is 0.0200. The molecule has 19 heavy (non-hydrogen) atoms. The maximum absolute atomic E-state index is 11.8. The molecule has 0 radical (unpaired) electrons. The molecule has 3 N–H and O–H groups in total. The number of nitrogens with one attached hydrogen (secondary N) is 1. The van der Waals surface area contributed by atoms with Crippen molar-refractivity contribution in [1.29, 1.82) is 0 Å². The van der Waals surface area contributed by atoms with E-state index in [1.807, 2.05) is 0 Å². The summed E-state index contributed by atoms with van der Waals surface area (Å²) < 4.78 is 5.49. The molecule has 9 heteroatoms. The number of ether oxygens (including phenoxy) is 1. The molecule has 0 aromatic heterocycles. The van der Waals surface area contributed by atoms with Crippen LogP contribution in [0.2, 0.25) is 0 Å². The standard InChI is InChI=1S/C10H15N5O4/c1-5-3-15(10(18)12-9(5)17)8-2-6(13-14-11)7(4-16)19-8/h3,6-9,16-17H,2,4H2,1H3,(H,12,18). The van der Waals surface area contributed by atoms with Crippen molar-refractivity contribution in [2.75, 3.05) is 6.61 Å². The van der Waals surface area contributed by atoms with E-state index >= 15 is 0 Å². The van der Waals surface area contributed by atoms with E-state index in [1.165, 1.54) is 11.1 Å². The lowest BCUT2D eigenvalue weighted by molar-refractivity contribution is -0.0418. The molecule has 0 aromatic rings. The van der Waals surface area contributed by atoms with Gasteiger partial charge in [0, 0.05) is 17.5 Å². The molecule has 0 spiro atoms. The van der Waals surface area contributed by atoms with Gasteiger partial charge in [-0.3, -0.25) is 4.90 Å². The summed E-state index contributed by atoms with van der Waals surface area (Å²) in [5.74, 6) is 0. The first-order valence-electron chi connectivity index (χ1n) is 5.82. The smallest absolute Gasteiger partial charge is 0.325 e. The van der Waals surface area contributed by atoms with Crippen molar-refractivity contribution in [3.8, 4) is 0 Å². The van der Waals surface area contributed by atoms with Crippen molar-refractivity contribution in [2.24, 2.45) is 5.11 Å². The van der Waals surface area contributed by atoms with Crippen molar-refractivity contribution in [1.82, 2.24) is 10.2 Å². The molecule has 0 aromatic carbocycles. The molecule has 1 saturated heterocycles. The molecule has 1 fully saturated rings. The minimum absolute atomic E-state index is 0.291. The summed E-state index contributed by atoms with van der Waals surface area (Å²) in [5.41, 5.74) is 9.01. The molecule has 2 heterocycles. The van der Waals surface area contributed by atoms with Crippen molar-refractivity contribution in [3.05, 3.63) is 22.2 Å². The van der Waals surface area contributed by atoms with Gasteiger partial charge in [0.25, 0.3) is 0 Å². The zero-order valence-corrected chi connectivity index (χ0v) is 10.3. The van der Waals surface area contributed by atoms with Gasteiger partial charge >= 0.3 is 6.03 Å². The predicted molar refractivity (Wildman–Crippen MR) is 63.4 cm³/mol. The maximum atomic E-state index is 11.8. The van der Waals surface area contributed by atoms with Crippen LogP contribution in [0.15, 0.2) is 16.9 Å². The number of carbonyl (C=O) groups excluding carboxylic acids is 1. The zero-order valence-electron chi connectivity index (χ0n) is 10.3. The Balaban J connectivity index is 2.15. The van der Waals surface area contributed by atoms with E-state index < -0.39 is 30.6 Å². The van der Waals surface area contributed by atoms with Gasteiger partial charge < -0.3 is 20.3 Å². The Bertz CT molecular complexity index is 447. The Hall–Kier alpha value is -1.80. The molecule has 2 aliphatic rings. The van der Waals surface area contributed by atoms with Gasteiger partial charge in [-0.05, 0) is 18.0 Å². The summed E-state index contributed by atoms with van der Waals surface area (Å²) in [6.07, 6.45) is -0.486. The number of urea groups is 1. The number of rotatable bonds is 3. The van der Waals surface area contributed by atoms with Crippen molar-refractivity contribution in [2.45, 2.75) is 37.9 Å². The first kappa shape index (κ1) is 13.6. The first-order chi connectivity index (χ1) is 9.06. The SMILES string of the molecule is CC1=CN(C2CC(N=[N+]=[N-])C(CO)O2)C(=O)NC1O. The average Bonchev–Trinajstić information content (AvgIpc) is 2.77. The number of nitrogens with zero attached hydrogens (tertiary/aromatic N) is 4. The minimum Gasteiger partial charge on any atom is -0.394 e. The molecule has 4 unspecified atom stereocenters. The molecule has 9 nitrogen and oxygen atoms in total. The van der Waals surface area contributed by atoms with Gasteiger partial charge in [0.15, 0.2) is 6.23 Å². The average molecular weight is 269 g/mol. The third-order valence-corrected chi connectivity index (χ3v) is 3.16. The van der Waals surface area contributed by atoms with E-state index in [1.54, 1.807) is 6.92 Å². The lowest BCUT2D eigenvalue weighted by Gasteiger charge is -2.32. The Morgan fingerprint density at radius 3 is 3.11 bits per heavy atom. The van der Waals surface area contributed by atoms with Gasteiger partial charge in [-0.25, -0.2) is 4.79 Å². The molecule has 2 rings (SSSR count). The number of aliphatic hydroxyl groups is 2. The van der Waals surface area contributed by atoms with Crippen LogP contribution in [0.4, 0.5) is 4.79 Å². The number of hydrogen-bond donors (Lipinski definition) is 3. The van der Waals surface area contributed by atoms with Crippen molar-refractivity contribution in [3.63, 3.8) is 0 Å². The molecule has 0 bridgehead atoms. The Labute approximate surface area is 109 Å². The van der Waals surface area contributed by atoms with E-state index in [9.17, 15) is 9.90 Å². The summed E-state index contributed by atoms with van der Waals surface area (Å²) in [6.45, 7) is 1.38. The third kappa shape index (κ3) is 2.64. The fourth-order valence-electron chi connectivity index (χ4n) is 2.11. The topological polar surface area (TPSA) is 131 Å². The number of hydrogen-bond acceptors (Lipinski definition) is 5. The molecule has 104 valence electrons. The summed E-state index contributed by atoms with van der Waals surface area (Å²) in [4.78, 5) is 15.8. The van der Waals surface area contributed by atoms with Crippen LogP contribution in [-0.2, 0) is 4.74 Å². The largest absolute Gasteiger partial charge is 0.394 e. The second-order valence-corrected chi connectivity index (χ2v) is 4.45. The molecule has 4 atom stereocenters. The van der Waals surface area contributed by atoms with Gasteiger partial charge in [0.05, 0.1) is 18.8 Å². The highest BCUT2D eigenvalue weighted by Gasteiger charge is 2.40. The third-order valence-electron chi connectivity index (χ3n) is 3.16. The fourth-order valence-corrected chi connectivity index (χ4v) is 2.11. The van der Waals surface area contributed by atoms with Crippen molar-refractivity contribution < 1.29 is 19.7 Å². The van der Waals surface area contributed by atoms with E-state index in [0.717, 1.165) is 0 Å². The van der Waals surface area contributed by atoms with E-state index in [4.69, 9.17) is 15.4 Å². The quantitative estimate of drug-likeness (QED) is 0.378. The number of amides is 2. The number of aliphatic hydroxyl groups excluding tert-OH is 2. The molecule has 2 aliphatic heterocycles. The fraction of sp³-hybridized carbons (Fsp3) is 0.700. The van der Waals surface area contributed by atoms with E-state index in [0.29, 0.717) is 12.0 Å². The Morgan fingerprint density at radius 2 is 2.47 bits per heavy atom. The number of azide groups is 1.